The molecule has 3 rings (SSSR count). The molecule has 3 aromatic rings. The molecule has 1 N–H and O–H groups in total. The lowest BCUT2D eigenvalue weighted by Gasteiger charge is -2.16. The third-order valence-electron chi connectivity index (χ3n) is 4.16. The minimum atomic E-state index is 0.114. The molecule has 0 aliphatic heterocycles. The molecule has 25 heavy (non-hydrogen) atoms. The van der Waals surface area contributed by atoms with E-state index in [1.54, 1.807) is 4.68 Å². The molecular weight excluding hydrogens is 314 g/mol. The number of anilines is 1. The van der Waals surface area contributed by atoms with Crippen LogP contribution in [-0.2, 0) is 13.5 Å². The van der Waals surface area contributed by atoms with E-state index in [4.69, 9.17) is 9.72 Å². The van der Waals surface area contributed by atoms with Gasteiger partial charge in [0.05, 0.1) is 18.2 Å². The summed E-state index contributed by atoms with van der Waals surface area (Å²) in [5.74, 6) is 2.57. The molecule has 1 aromatic carbocycles. The molecule has 0 fully saturated rings. The summed E-state index contributed by atoms with van der Waals surface area (Å²) < 4.78 is 7.30. The maximum Gasteiger partial charge on any atom is 0.163 e. The Bertz CT molecular complexity index is 841. The second-order valence-corrected chi connectivity index (χ2v) is 6.11. The predicted octanol–water partition coefficient (Wildman–Crippen LogP) is 3.89. The Kier molecular flexibility index (Phi) is 5.16. The van der Waals surface area contributed by atoms with Gasteiger partial charge in [-0.2, -0.15) is 5.10 Å². The summed E-state index contributed by atoms with van der Waals surface area (Å²) in [4.78, 5) is 9.35. The number of hydrogen-bond donors (Lipinski definition) is 1. The lowest BCUT2D eigenvalue weighted by molar-refractivity contribution is 0.340. The maximum atomic E-state index is 5.51. The molecule has 2 heterocycles. The topological polar surface area (TPSA) is 64.9 Å². The number of hydrogen-bond acceptors (Lipinski definition) is 5. The number of rotatable bonds is 7. The lowest BCUT2D eigenvalue weighted by atomic mass is 10.1. The van der Waals surface area contributed by atoms with Gasteiger partial charge in [0.25, 0.3) is 0 Å². The number of nitrogens with one attached hydrogen (secondary N) is 1. The molecule has 0 spiro atoms. The number of nitrogens with zero attached hydrogens (tertiary/aromatic N) is 4. The van der Waals surface area contributed by atoms with E-state index in [1.807, 2.05) is 32.3 Å². The third-order valence-corrected chi connectivity index (χ3v) is 4.16. The molecule has 2 aromatic heterocycles. The summed E-state index contributed by atoms with van der Waals surface area (Å²) in [6.45, 7) is 6.92. The fourth-order valence-electron chi connectivity index (χ4n) is 2.82. The molecule has 0 saturated carbocycles. The Labute approximate surface area is 148 Å². The minimum absolute atomic E-state index is 0.114. The van der Waals surface area contributed by atoms with Crippen LogP contribution in [0.1, 0.15) is 44.6 Å². The summed E-state index contributed by atoms with van der Waals surface area (Å²) >= 11 is 0. The molecule has 1 atom stereocenters. The van der Waals surface area contributed by atoms with Gasteiger partial charge in [0.1, 0.15) is 17.4 Å². The van der Waals surface area contributed by atoms with E-state index in [0.29, 0.717) is 6.61 Å². The zero-order chi connectivity index (χ0) is 17.8. The first-order valence-electron chi connectivity index (χ1n) is 8.80. The molecule has 0 unspecified atom stereocenters. The van der Waals surface area contributed by atoms with E-state index in [-0.39, 0.29) is 6.04 Å². The molecule has 6 nitrogen and oxygen atoms in total. The highest BCUT2D eigenvalue weighted by Gasteiger charge is 2.14. The summed E-state index contributed by atoms with van der Waals surface area (Å²) in [5.41, 5.74) is 2.04. The van der Waals surface area contributed by atoms with Crippen molar-refractivity contribution in [2.24, 2.45) is 7.05 Å². The van der Waals surface area contributed by atoms with Crippen LogP contribution in [0.2, 0.25) is 0 Å². The van der Waals surface area contributed by atoms with Gasteiger partial charge in [-0.15, -0.1) is 0 Å². The highest BCUT2D eigenvalue weighted by atomic mass is 16.5. The Hall–Kier alpha value is -2.63. The van der Waals surface area contributed by atoms with Crippen molar-refractivity contribution in [2.45, 2.75) is 39.7 Å². The van der Waals surface area contributed by atoms with Crippen LogP contribution in [0.3, 0.4) is 0 Å². The van der Waals surface area contributed by atoms with Crippen molar-refractivity contribution in [2.75, 3.05) is 11.9 Å². The first-order valence-corrected chi connectivity index (χ1v) is 8.80. The van der Waals surface area contributed by atoms with E-state index in [0.717, 1.165) is 41.3 Å². The molecule has 0 saturated heterocycles. The van der Waals surface area contributed by atoms with Gasteiger partial charge < -0.3 is 10.1 Å². The second kappa shape index (κ2) is 7.51. The maximum absolute atomic E-state index is 5.51. The minimum Gasteiger partial charge on any atom is -0.494 e. The monoisotopic (exact) mass is 339 g/mol. The molecule has 0 aliphatic carbocycles. The van der Waals surface area contributed by atoms with Crippen LogP contribution < -0.4 is 10.1 Å². The van der Waals surface area contributed by atoms with Gasteiger partial charge in [-0.3, -0.25) is 4.68 Å². The molecule has 0 amide bonds. The van der Waals surface area contributed by atoms with Gasteiger partial charge in [-0.05, 0) is 38.0 Å². The molecule has 0 bridgehead atoms. The van der Waals surface area contributed by atoms with Gasteiger partial charge in [0, 0.05) is 19.5 Å². The third kappa shape index (κ3) is 3.73. The van der Waals surface area contributed by atoms with Crippen molar-refractivity contribution in [3.05, 3.63) is 41.9 Å². The van der Waals surface area contributed by atoms with Crippen molar-refractivity contribution in [1.29, 1.82) is 0 Å². The van der Waals surface area contributed by atoms with Gasteiger partial charge in [0.15, 0.2) is 5.65 Å². The summed E-state index contributed by atoms with van der Waals surface area (Å²) in [7, 11) is 1.91. The Morgan fingerprint density at radius 3 is 2.60 bits per heavy atom. The van der Waals surface area contributed by atoms with Crippen molar-refractivity contribution in [3.63, 3.8) is 0 Å². The van der Waals surface area contributed by atoms with Crippen LogP contribution in [0.25, 0.3) is 11.0 Å². The summed E-state index contributed by atoms with van der Waals surface area (Å²) in [5, 5.41) is 8.79. The largest absolute Gasteiger partial charge is 0.494 e. The number of benzene rings is 1. The first-order chi connectivity index (χ1) is 12.1. The van der Waals surface area contributed by atoms with Gasteiger partial charge in [-0.1, -0.05) is 19.1 Å². The number of aromatic nitrogens is 4. The molecule has 0 aliphatic rings. The van der Waals surface area contributed by atoms with Crippen LogP contribution in [0.5, 0.6) is 5.75 Å². The average Bonchev–Trinajstić information content (AvgIpc) is 2.98. The smallest absolute Gasteiger partial charge is 0.163 e. The van der Waals surface area contributed by atoms with Crippen molar-refractivity contribution < 1.29 is 4.74 Å². The van der Waals surface area contributed by atoms with Crippen LogP contribution in [0.4, 0.5) is 5.82 Å². The van der Waals surface area contributed by atoms with Crippen LogP contribution in [-0.4, -0.2) is 26.4 Å². The fraction of sp³-hybridized carbons (Fsp3) is 0.421. The molecule has 132 valence electrons. The highest BCUT2D eigenvalue weighted by Crippen LogP contribution is 2.25. The van der Waals surface area contributed by atoms with Crippen LogP contribution in [0, 0.1) is 0 Å². The molecule has 6 heteroatoms. The summed E-state index contributed by atoms with van der Waals surface area (Å²) in [6.07, 6.45) is 3.68. The van der Waals surface area contributed by atoms with E-state index < -0.39 is 0 Å². The quantitative estimate of drug-likeness (QED) is 0.707. The Morgan fingerprint density at radius 2 is 1.92 bits per heavy atom. The average molecular weight is 339 g/mol. The standard InChI is InChI=1S/C19H25N5O/c1-5-7-17-22-18(16-12-20-24(4)19(16)23-17)21-13(3)14-8-10-15(11-9-14)25-6-2/h8-13H,5-7H2,1-4H3,(H,21,22,23)/t13-/m0/s1. The van der Waals surface area contributed by atoms with Gasteiger partial charge in [-0.25, -0.2) is 9.97 Å². The van der Waals surface area contributed by atoms with Gasteiger partial charge >= 0.3 is 0 Å². The van der Waals surface area contributed by atoms with E-state index in [9.17, 15) is 0 Å². The fourth-order valence-corrected chi connectivity index (χ4v) is 2.82. The predicted molar refractivity (Wildman–Crippen MR) is 99.9 cm³/mol. The normalized spacial score (nSPS) is 12.3. The Morgan fingerprint density at radius 1 is 1.16 bits per heavy atom. The van der Waals surface area contributed by atoms with E-state index >= 15 is 0 Å². The lowest BCUT2D eigenvalue weighted by Crippen LogP contribution is -2.10. The molecular formula is C19H25N5O. The Balaban J connectivity index is 1.88. The number of fused-ring (bicyclic) bond motifs is 1. The van der Waals surface area contributed by atoms with E-state index in [2.05, 4.69) is 41.4 Å². The van der Waals surface area contributed by atoms with Crippen LogP contribution >= 0.6 is 0 Å². The first kappa shape index (κ1) is 17.2. The van der Waals surface area contributed by atoms with Crippen molar-refractivity contribution in [3.8, 4) is 5.75 Å². The van der Waals surface area contributed by atoms with Crippen molar-refractivity contribution in [1.82, 2.24) is 19.7 Å². The number of aryl methyl sites for hydroxylation is 2. The van der Waals surface area contributed by atoms with Crippen LogP contribution in [0.15, 0.2) is 30.5 Å². The summed E-state index contributed by atoms with van der Waals surface area (Å²) in [6, 6.07) is 8.27. The van der Waals surface area contributed by atoms with Crippen molar-refractivity contribution >= 4 is 16.9 Å². The SMILES string of the molecule is CCCc1nc(N[C@@H](C)c2ccc(OCC)cc2)c2cnn(C)c2n1. The van der Waals surface area contributed by atoms with Gasteiger partial charge in [0.2, 0.25) is 0 Å². The number of ether oxygens (including phenoxy) is 1. The second-order valence-electron chi connectivity index (χ2n) is 6.11. The molecule has 0 radical (unpaired) electrons. The zero-order valence-corrected chi connectivity index (χ0v) is 15.3. The zero-order valence-electron chi connectivity index (χ0n) is 15.3. The highest BCUT2D eigenvalue weighted by molar-refractivity contribution is 5.86. The van der Waals surface area contributed by atoms with E-state index in [1.165, 1.54) is 5.56 Å².